The summed E-state index contributed by atoms with van der Waals surface area (Å²) in [5.74, 6) is 1.65. The van der Waals surface area contributed by atoms with Gasteiger partial charge in [-0.3, -0.25) is 4.79 Å². The molecule has 23 heavy (non-hydrogen) atoms. The third kappa shape index (κ3) is 4.18. The van der Waals surface area contributed by atoms with Crippen LogP contribution in [-0.2, 0) is 4.79 Å². The van der Waals surface area contributed by atoms with Crippen LogP contribution in [0.5, 0.6) is 0 Å². The molecule has 1 amide bonds. The standard InChI is InChI=1S/C19H28N2O2/c1-4-17-15-9-11-16(12-10-15)19(17)14(2)21(3)13-7-5-6-8-18(22)20-23/h4,9,11,15-17,19H,1-2,5-8,10,12-13H2,3H3. The summed E-state index contributed by atoms with van der Waals surface area (Å²) >= 11 is 0. The highest BCUT2D eigenvalue weighted by Gasteiger charge is 2.41. The number of allylic oxidation sites excluding steroid dienone is 4. The minimum Gasteiger partial charge on any atom is -0.378 e. The number of nitrogens with zero attached hydrogens (tertiary/aromatic N) is 2. The van der Waals surface area contributed by atoms with E-state index < -0.39 is 5.91 Å². The van der Waals surface area contributed by atoms with E-state index >= 15 is 0 Å². The molecule has 4 atom stereocenters. The monoisotopic (exact) mass is 316 g/mol. The van der Waals surface area contributed by atoms with E-state index in [1.807, 2.05) is 0 Å². The summed E-state index contributed by atoms with van der Waals surface area (Å²) < 4.78 is 0. The molecule has 4 unspecified atom stereocenters. The number of fused-ring (bicyclic) bond motifs is 2. The topological polar surface area (TPSA) is 49.7 Å². The Kier molecular flexibility index (Phi) is 6.31. The molecule has 2 bridgehead atoms. The quantitative estimate of drug-likeness (QED) is 0.362. The summed E-state index contributed by atoms with van der Waals surface area (Å²) in [6.45, 7) is 9.35. The van der Waals surface area contributed by atoms with Crippen LogP contribution in [0.2, 0.25) is 0 Å². The highest BCUT2D eigenvalue weighted by Crippen LogP contribution is 2.48. The molecule has 3 aliphatic rings. The molecule has 0 aromatic rings. The molecule has 0 N–H and O–H groups in total. The van der Waals surface area contributed by atoms with Crippen LogP contribution in [0.4, 0.5) is 0 Å². The van der Waals surface area contributed by atoms with Gasteiger partial charge in [-0.2, -0.15) is 0 Å². The molecule has 0 heterocycles. The lowest BCUT2D eigenvalue weighted by Crippen LogP contribution is -2.40. The van der Waals surface area contributed by atoms with E-state index in [9.17, 15) is 9.70 Å². The van der Waals surface area contributed by atoms with Gasteiger partial charge >= 0.3 is 0 Å². The van der Waals surface area contributed by atoms with Gasteiger partial charge in [-0.25, -0.2) is 0 Å². The minimum atomic E-state index is -0.540. The van der Waals surface area contributed by atoms with E-state index in [-0.39, 0.29) is 6.42 Å². The second kappa shape index (κ2) is 8.23. The van der Waals surface area contributed by atoms with Gasteiger partial charge in [0.2, 0.25) is 0 Å². The van der Waals surface area contributed by atoms with Gasteiger partial charge < -0.3 is 4.90 Å². The lowest BCUT2D eigenvalue weighted by molar-refractivity contribution is -0.118. The minimum absolute atomic E-state index is 0.268. The van der Waals surface area contributed by atoms with Crippen molar-refractivity contribution in [2.45, 2.75) is 38.5 Å². The van der Waals surface area contributed by atoms with Crippen molar-refractivity contribution in [2.24, 2.45) is 28.8 Å². The first-order valence-corrected chi connectivity index (χ1v) is 8.65. The third-order valence-corrected chi connectivity index (χ3v) is 5.44. The van der Waals surface area contributed by atoms with Crippen LogP contribution in [0.25, 0.3) is 0 Å². The van der Waals surface area contributed by atoms with Gasteiger partial charge in [0.1, 0.15) is 0 Å². The van der Waals surface area contributed by atoms with Crippen LogP contribution >= 0.6 is 0 Å². The average molecular weight is 316 g/mol. The van der Waals surface area contributed by atoms with Crippen LogP contribution in [-0.4, -0.2) is 24.4 Å². The van der Waals surface area contributed by atoms with Crippen LogP contribution in [0.15, 0.2) is 42.3 Å². The number of rotatable bonds is 9. The second-order valence-corrected chi connectivity index (χ2v) is 6.84. The third-order valence-electron chi connectivity index (χ3n) is 5.44. The molecule has 4 heteroatoms. The zero-order valence-electron chi connectivity index (χ0n) is 14.1. The van der Waals surface area contributed by atoms with Gasteiger partial charge in [-0.05, 0) is 43.4 Å². The van der Waals surface area contributed by atoms with E-state index in [0.717, 1.165) is 25.8 Å². The van der Waals surface area contributed by atoms with E-state index in [0.29, 0.717) is 23.7 Å². The van der Waals surface area contributed by atoms with Crippen molar-refractivity contribution in [1.82, 2.24) is 4.90 Å². The van der Waals surface area contributed by atoms with Gasteiger partial charge in [0.05, 0.1) is 0 Å². The van der Waals surface area contributed by atoms with Gasteiger partial charge in [-0.15, -0.1) is 11.5 Å². The molecule has 3 aliphatic carbocycles. The summed E-state index contributed by atoms with van der Waals surface area (Å²) in [4.78, 5) is 23.1. The molecular weight excluding hydrogens is 288 g/mol. The smallest absolute Gasteiger partial charge is 0.286 e. The first-order chi connectivity index (χ1) is 11.1. The van der Waals surface area contributed by atoms with Crippen LogP contribution in [0.3, 0.4) is 0 Å². The number of hydrogen-bond donors (Lipinski definition) is 0. The lowest BCUT2D eigenvalue weighted by atomic mass is 9.61. The van der Waals surface area contributed by atoms with E-state index in [2.05, 4.69) is 48.5 Å². The summed E-state index contributed by atoms with van der Waals surface area (Å²) in [6.07, 6.45) is 12.3. The van der Waals surface area contributed by atoms with E-state index in [4.69, 9.17) is 0 Å². The molecule has 3 rings (SSSR count). The zero-order valence-corrected chi connectivity index (χ0v) is 14.1. The molecule has 0 radical (unpaired) electrons. The maximum absolute atomic E-state index is 10.8. The summed E-state index contributed by atoms with van der Waals surface area (Å²) in [7, 11) is 2.10. The van der Waals surface area contributed by atoms with Gasteiger partial charge in [0.15, 0.2) is 0 Å². The number of nitroso groups, excluding NO2 is 1. The highest BCUT2D eigenvalue weighted by atomic mass is 16.3. The van der Waals surface area contributed by atoms with Gasteiger partial charge in [0.25, 0.3) is 5.91 Å². The van der Waals surface area contributed by atoms with Crippen LogP contribution < -0.4 is 0 Å². The van der Waals surface area contributed by atoms with Crippen LogP contribution in [0, 0.1) is 28.6 Å². The van der Waals surface area contributed by atoms with Crippen molar-refractivity contribution in [3.8, 4) is 0 Å². The zero-order chi connectivity index (χ0) is 16.8. The maximum Gasteiger partial charge on any atom is 0.286 e. The average Bonchev–Trinajstić information content (AvgIpc) is 2.60. The fourth-order valence-corrected chi connectivity index (χ4v) is 4.07. The largest absolute Gasteiger partial charge is 0.378 e. The Morgan fingerprint density at radius 2 is 1.96 bits per heavy atom. The van der Waals surface area contributed by atoms with Crippen molar-refractivity contribution in [1.29, 1.82) is 0 Å². The molecule has 1 fully saturated rings. The number of unbranched alkanes of at least 4 members (excludes halogenated alkanes) is 2. The summed E-state index contributed by atoms with van der Waals surface area (Å²) in [5, 5.41) is 2.42. The second-order valence-electron chi connectivity index (χ2n) is 6.84. The van der Waals surface area contributed by atoms with E-state index in [1.165, 1.54) is 18.5 Å². The SMILES string of the molecule is C=CC1C2C=CC(CC2)C1C(=C)N(C)CCCCCC(=O)N=O. The predicted octanol–water partition coefficient (Wildman–Crippen LogP) is 4.30. The van der Waals surface area contributed by atoms with Gasteiger partial charge in [0, 0.05) is 36.8 Å². The highest BCUT2D eigenvalue weighted by molar-refractivity contribution is 5.76. The maximum atomic E-state index is 10.8. The van der Waals surface area contributed by atoms with Crippen molar-refractivity contribution in [3.63, 3.8) is 0 Å². The molecular formula is C19H28N2O2. The van der Waals surface area contributed by atoms with Crippen molar-refractivity contribution in [3.05, 3.63) is 42.0 Å². The Morgan fingerprint density at radius 3 is 2.57 bits per heavy atom. The van der Waals surface area contributed by atoms with Gasteiger partial charge in [-0.1, -0.05) is 31.2 Å². The molecule has 1 saturated carbocycles. The normalized spacial score (nSPS) is 28.4. The number of amides is 1. The Labute approximate surface area is 139 Å². The molecule has 0 saturated heterocycles. The fraction of sp³-hybridized carbons (Fsp3) is 0.632. The van der Waals surface area contributed by atoms with E-state index in [1.54, 1.807) is 0 Å². The lowest BCUT2D eigenvalue weighted by Gasteiger charge is -2.46. The molecule has 126 valence electrons. The van der Waals surface area contributed by atoms with Crippen molar-refractivity contribution < 1.29 is 4.79 Å². The van der Waals surface area contributed by atoms with Crippen molar-refractivity contribution >= 4 is 5.91 Å². The molecule has 0 aromatic heterocycles. The summed E-state index contributed by atoms with van der Waals surface area (Å²) in [6, 6.07) is 0. The Hall–Kier alpha value is -1.71. The molecule has 4 nitrogen and oxygen atoms in total. The van der Waals surface area contributed by atoms with Crippen molar-refractivity contribution in [2.75, 3.05) is 13.6 Å². The Balaban J connectivity index is 1.80. The predicted molar refractivity (Wildman–Crippen MR) is 93.6 cm³/mol. The number of carbonyl (C=O) groups is 1. The fourth-order valence-electron chi connectivity index (χ4n) is 4.07. The molecule has 0 aliphatic heterocycles. The number of carbonyl (C=O) groups excluding carboxylic acids is 1. The molecule has 0 spiro atoms. The molecule has 0 aromatic carbocycles. The first kappa shape index (κ1) is 17.6. The Bertz CT molecular complexity index is 498. The first-order valence-electron chi connectivity index (χ1n) is 8.65. The summed E-state index contributed by atoms with van der Waals surface area (Å²) in [5.41, 5.74) is 1.21. The number of hydrogen-bond acceptors (Lipinski definition) is 3. The Morgan fingerprint density at radius 1 is 1.26 bits per heavy atom. The van der Waals surface area contributed by atoms with Crippen LogP contribution in [0.1, 0.15) is 38.5 Å².